The minimum atomic E-state index is -0.424. The normalized spacial score (nSPS) is 23.9. The predicted octanol–water partition coefficient (Wildman–Crippen LogP) is 2.58. The highest BCUT2D eigenvalue weighted by atomic mass is 35.5. The van der Waals surface area contributed by atoms with Gasteiger partial charge in [0.2, 0.25) is 5.91 Å². The second-order valence-corrected chi connectivity index (χ2v) is 8.14. The van der Waals surface area contributed by atoms with Crippen molar-refractivity contribution in [1.82, 2.24) is 9.80 Å². The van der Waals surface area contributed by atoms with E-state index in [2.05, 4.69) is 4.90 Å². The fourth-order valence-corrected chi connectivity index (χ4v) is 4.37. The topological polar surface area (TPSA) is 51.2 Å². The van der Waals surface area contributed by atoms with Gasteiger partial charge in [-0.2, -0.15) is 0 Å². The van der Waals surface area contributed by atoms with E-state index in [0.717, 1.165) is 45.4 Å². The summed E-state index contributed by atoms with van der Waals surface area (Å²) < 4.78 is 30.3. The Hall–Kier alpha value is -1.57. The minimum absolute atomic E-state index is 0.106. The third-order valence-corrected chi connectivity index (χ3v) is 6.02. The summed E-state index contributed by atoms with van der Waals surface area (Å²) >= 11 is 6.01. The van der Waals surface area contributed by atoms with Gasteiger partial charge in [-0.15, -0.1) is 0 Å². The number of hydrogen-bond acceptors (Lipinski definition) is 5. The van der Waals surface area contributed by atoms with Gasteiger partial charge in [0, 0.05) is 25.7 Å². The maximum Gasteiger partial charge on any atom is 0.248 e. The molecule has 3 aliphatic rings. The first-order valence-electron chi connectivity index (χ1n) is 9.95. The van der Waals surface area contributed by atoms with Crippen molar-refractivity contribution in [3.63, 3.8) is 0 Å². The molecular weight excluding hydrogens is 387 g/mol. The van der Waals surface area contributed by atoms with E-state index in [1.807, 2.05) is 4.90 Å². The molecule has 1 atom stereocenters. The lowest BCUT2D eigenvalue weighted by Gasteiger charge is -2.36. The number of likely N-dealkylation sites (tertiary alicyclic amines) is 1. The van der Waals surface area contributed by atoms with Crippen LogP contribution in [0, 0.1) is 11.7 Å². The molecule has 0 aliphatic carbocycles. The van der Waals surface area contributed by atoms with Crippen LogP contribution >= 0.6 is 11.6 Å². The summed E-state index contributed by atoms with van der Waals surface area (Å²) in [5.41, 5.74) is 0. The van der Waals surface area contributed by atoms with E-state index >= 15 is 0 Å². The van der Waals surface area contributed by atoms with Crippen LogP contribution in [-0.2, 0) is 9.53 Å². The number of fused-ring (bicyclic) bond motifs is 1. The van der Waals surface area contributed by atoms with Gasteiger partial charge in [-0.3, -0.25) is 9.69 Å². The average Bonchev–Trinajstić information content (AvgIpc) is 2.68. The molecule has 28 heavy (non-hydrogen) atoms. The number of carbonyl (C=O) groups is 1. The quantitative estimate of drug-likeness (QED) is 0.744. The van der Waals surface area contributed by atoms with Gasteiger partial charge in [-0.1, -0.05) is 11.6 Å². The van der Waals surface area contributed by atoms with Crippen LogP contribution in [0.4, 0.5) is 4.39 Å². The van der Waals surface area contributed by atoms with E-state index in [0.29, 0.717) is 37.2 Å². The number of hydrogen-bond donors (Lipinski definition) is 0. The van der Waals surface area contributed by atoms with Gasteiger partial charge in [0.15, 0.2) is 11.5 Å². The second-order valence-electron chi connectivity index (χ2n) is 7.73. The summed E-state index contributed by atoms with van der Waals surface area (Å²) in [6.07, 6.45) is 3.15. The number of halogens is 2. The Balaban J connectivity index is 1.21. The molecule has 6 nitrogen and oxygen atoms in total. The summed E-state index contributed by atoms with van der Waals surface area (Å²) in [5.74, 6) is 1.13. The van der Waals surface area contributed by atoms with E-state index < -0.39 is 5.82 Å². The van der Waals surface area contributed by atoms with Crippen LogP contribution in [-0.4, -0.2) is 74.4 Å². The molecule has 2 saturated heterocycles. The third kappa shape index (κ3) is 4.70. The fourth-order valence-electron chi connectivity index (χ4n) is 4.11. The van der Waals surface area contributed by atoms with Crippen molar-refractivity contribution in [1.29, 1.82) is 0 Å². The highest BCUT2D eigenvalue weighted by molar-refractivity contribution is 6.32. The van der Waals surface area contributed by atoms with Gasteiger partial charge in [0.05, 0.1) is 11.6 Å². The summed E-state index contributed by atoms with van der Waals surface area (Å²) in [5, 5.41) is 0.244. The highest BCUT2D eigenvalue weighted by Crippen LogP contribution is 2.39. The first-order chi connectivity index (χ1) is 13.6. The molecule has 0 N–H and O–H groups in total. The van der Waals surface area contributed by atoms with Crippen LogP contribution in [0.1, 0.15) is 19.3 Å². The highest BCUT2D eigenvalue weighted by Gasteiger charge is 2.28. The lowest BCUT2D eigenvalue weighted by atomic mass is 9.93. The molecule has 0 spiro atoms. The second kappa shape index (κ2) is 8.84. The molecule has 4 rings (SSSR count). The van der Waals surface area contributed by atoms with Crippen LogP contribution in [0.2, 0.25) is 5.02 Å². The van der Waals surface area contributed by atoms with Crippen molar-refractivity contribution >= 4 is 17.5 Å². The van der Waals surface area contributed by atoms with Gasteiger partial charge < -0.3 is 19.1 Å². The molecule has 1 aromatic carbocycles. The lowest BCUT2D eigenvalue weighted by Crippen LogP contribution is -2.45. The third-order valence-electron chi connectivity index (χ3n) is 5.74. The maximum absolute atomic E-state index is 13.6. The van der Waals surface area contributed by atoms with Gasteiger partial charge in [-0.05, 0) is 44.3 Å². The number of amides is 1. The predicted molar refractivity (Wildman–Crippen MR) is 103 cm³/mol. The van der Waals surface area contributed by atoms with E-state index in [1.165, 1.54) is 12.1 Å². The molecule has 154 valence electrons. The van der Waals surface area contributed by atoms with Gasteiger partial charge >= 0.3 is 0 Å². The molecule has 0 bridgehead atoms. The summed E-state index contributed by atoms with van der Waals surface area (Å²) in [4.78, 5) is 16.1. The number of piperidine rings is 1. The van der Waals surface area contributed by atoms with Crippen LogP contribution in [0.25, 0.3) is 0 Å². The number of nitrogens with zero attached hydrogens (tertiary/aromatic N) is 2. The summed E-state index contributed by atoms with van der Waals surface area (Å²) in [6.45, 7) is 5.57. The molecule has 0 aromatic heterocycles. The first-order valence-corrected chi connectivity index (χ1v) is 10.3. The molecule has 0 radical (unpaired) electrons. The molecule has 8 heteroatoms. The largest absolute Gasteiger partial charge is 0.484 e. The van der Waals surface area contributed by atoms with Gasteiger partial charge in [0.25, 0.3) is 0 Å². The Bertz CT molecular complexity index is 712. The van der Waals surface area contributed by atoms with Crippen molar-refractivity contribution in [2.75, 3.05) is 52.5 Å². The number of benzene rings is 1. The standard InChI is InChI=1S/C20H26ClFN2O4/c21-17-9-15(22)10-18-20(17)27-12-16(28-18)11-23-4-1-14(2-5-23)3-6-24-7-8-26-13-19(24)25/h9-10,14,16H,1-8,11-13H2. The Morgan fingerprint density at radius 1 is 1.21 bits per heavy atom. The Morgan fingerprint density at radius 2 is 2.04 bits per heavy atom. The molecule has 3 heterocycles. The average molecular weight is 413 g/mol. The van der Waals surface area contributed by atoms with Crippen LogP contribution < -0.4 is 9.47 Å². The molecule has 0 saturated carbocycles. The van der Waals surface area contributed by atoms with E-state index in [1.54, 1.807) is 0 Å². The summed E-state index contributed by atoms with van der Waals surface area (Å²) in [6, 6.07) is 2.56. The minimum Gasteiger partial charge on any atom is -0.484 e. The summed E-state index contributed by atoms with van der Waals surface area (Å²) in [7, 11) is 0. The molecule has 2 fully saturated rings. The molecule has 3 aliphatic heterocycles. The number of ether oxygens (including phenoxy) is 3. The van der Waals surface area contributed by atoms with Gasteiger partial charge in [0.1, 0.15) is 25.1 Å². The SMILES string of the molecule is O=C1COCCN1CCC1CCN(CC2COc3c(Cl)cc(F)cc3O2)CC1. The number of carbonyl (C=O) groups excluding carboxylic acids is 1. The van der Waals surface area contributed by atoms with E-state index in [9.17, 15) is 9.18 Å². The molecular formula is C20H26ClFN2O4. The van der Waals surface area contributed by atoms with Crippen molar-refractivity contribution in [2.24, 2.45) is 5.92 Å². The van der Waals surface area contributed by atoms with Crippen molar-refractivity contribution in [3.8, 4) is 11.5 Å². The molecule has 1 aromatic rings. The Morgan fingerprint density at radius 3 is 2.82 bits per heavy atom. The van der Waals surface area contributed by atoms with Crippen molar-refractivity contribution in [2.45, 2.75) is 25.4 Å². The van der Waals surface area contributed by atoms with Crippen LogP contribution in [0.5, 0.6) is 11.5 Å². The van der Waals surface area contributed by atoms with Crippen molar-refractivity contribution in [3.05, 3.63) is 23.0 Å². The lowest BCUT2D eigenvalue weighted by molar-refractivity contribution is -0.142. The van der Waals surface area contributed by atoms with E-state index in [4.69, 9.17) is 25.8 Å². The first kappa shape index (κ1) is 19.7. The van der Waals surface area contributed by atoms with E-state index in [-0.39, 0.29) is 23.6 Å². The zero-order chi connectivity index (χ0) is 19.5. The monoisotopic (exact) mass is 412 g/mol. The van der Waals surface area contributed by atoms with Crippen LogP contribution in [0.3, 0.4) is 0 Å². The molecule has 1 unspecified atom stereocenters. The fraction of sp³-hybridized carbons (Fsp3) is 0.650. The Labute approximate surface area is 169 Å². The Kier molecular flexibility index (Phi) is 6.23. The van der Waals surface area contributed by atoms with Gasteiger partial charge in [-0.25, -0.2) is 4.39 Å². The number of morpholine rings is 1. The maximum atomic E-state index is 13.6. The zero-order valence-corrected chi connectivity index (χ0v) is 16.6. The van der Waals surface area contributed by atoms with Crippen molar-refractivity contribution < 1.29 is 23.4 Å². The zero-order valence-electron chi connectivity index (χ0n) is 15.9. The smallest absolute Gasteiger partial charge is 0.248 e. The number of rotatable bonds is 5. The van der Waals surface area contributed by atoms with Crippen LogP contribution in [0.15, 0.2) is 12.1 Å². The molecule has 1 amide bonds.